The first-order valence-corrected chi connectivity index (χ1v) is 6.53. The molecule has 0 heterocycles. The predicted octanol–water partition coefficient (Wildman–Crippen LogP) is 3.66. The summed E-state index contributed by atoms with van der Waals surface area (Å²) >= 11 is 0. The minimum absolute atomic E-state index is 0.0494. The van der Waals surface area contributed by atoms with Crippen LogP contribution in [0.5, 0.6) is 0 Å². The third kappa shape index (κ3) is 2.71. The van der Waals surface area contributed by atoms with Crippen molar-refractivity contribution in [1.82, 2.24) is 0 Å². The summed E-state index contributed by atoms with van der Waals surface area (Å²) < 4.78 is 13.7. The fraction of sp³-hybridized carbons (Fsp3) is 0.533. The molecule has 1 unspecified atom stereocenters. The van der Waals surface area contributed by atoms with Crippen molar-refractivity contribution in [3.63, 3.8) is 0 Å². The number of rotatable bonds is 5. The van der Waals surface area contributed by atoms with Gasteiger partial charge in [-0.3, -0.25) is 4.79 Å². The smallest absolute Gasteiger partial charge is 0.303 e. The fourth-order valence-electron chi connectivity index (χ4n) is 2.62. The molecule has 0 aromatic heterocycles. The molecule has 0 radical (unpaired) electrons. The Bertz CT molecular complexity index is 464. The van der Waals surface area contributed by atoms with Gasteiger partial charge in [-0.15, -0.1) is 0 Å². The van der Waals surface area contributed by atoms with Crippen molar-refractivity contribution < 1.29 is 14.3 Å². The van der Waals surface area contributed by atoms with E-state index in [4.69, 9.17) is 5.11 Å². The number of hydrogen-bond acceptors (Lipinski definition) is 1. The standard InChI is InChI=1S/C15H19FO2/c1-3-10-7-12(9(2)6-14(10)16)13(8-15(17)18)11-4-5-11/h6-7,11,13H,3-5,8H2,1-2H3,(H,17,18). The number of aliphatic carboxylic acids is 1. The zero-order valence-electron chi connectivity index (χ0n) is 10.9. The molecule has 0 amide bonds. The normalized spacial score (nSPS) is 16.6. The second-order valence-electron chi connectivity index (χ2n) is 5.20. The number of carboxylic acids is 1. The van der Waals surface area contributed by atoms with E-state index in [-0.39, 0.29) is 18.2 Å². The molecule has 1 saturated carbocycles. The monoisotopic (exact) mass is 250 g/mol. The van der Waals surface area contributed by atoms with Gasteiger partial charge in [0.05, 0.1) is 6.42 Å². The maximum absolute atomic E-state index is 13.7. The highest BCUT2D eigenvalue weighted by Crippen LogP contribution is 2.45. The van der Waals surface area contributed by atoms with Crippen LogP contribution >= 0.6 is 0 Å². The first-order chi connectivity index (χ1) is 8.52. The van der Waals surface area contributed by atoms with Crippen LogP contribution in [0.25, 0.3) is 0 Å². The molecule has 1 aliphatic carbocycles. The van der Waals surface area contributed by atoms with Crippen LogP contribution in [-0.4, -0.2) is 11.1 Å². The Labute approximate surface area is 107 Å². The van der Waals surface area contributed by atoms with Gasteiger partial charge >= 0.3 is 5.97 Å². The highest BCUT2D eigenvalue weighted by Gasteiger charge is 2.34. The molecule has 0 aliphatic heterocycles. The topological polar surface area (TPSA) is 37.3 Å². The largest absolute Gasteiger partial charge is 0.481 e. The Hall–Kier alpha value is -1.38. The quantitative estimate of drug-likeness (QED) is 0.865. The molecule has 1 aromatic rings. The molecule has 18 heavy (non-hydrogen) atoms. The van der Waals surface area contributed by atoms with Crippen molar-refractivity contribution in [3.05, 3.63) is 34.6 Å². The van der Waals surface area contributed by atoms with Gasteiger partial charge in [0.1, 0.15) is 5.82 Å². The SMILES string of the molecule is CCc1cc(C(CC(=O)O)C2CC2)c(C)cc1F. The molecule has 1 N–H and O–H groups in total. The van der Waals surface area contributed by atoms with Gasteiger partial charge < -0.3 is 5.11 Å². The Morgan fingerprint density at radius 2 is 2.17 bits per heavy atom. The first kappa shape index (κ1) is 13.1. The van der Waals surface area contributed by atoms with Crippen molar-refractivity contribution in [3.8, 4) is 0 Å². The highest BCUT2D eigenvalue weighted by atomic mass is 19.1. The van der Waals surface area contributed by atoms with Gasteiger partial charge in [-0.2, -0.15) is 0 Å². The van der Waals surface area contributed by atoms with Crippen LogP contribution < -0.4 is 0 Å². The molecule has 1 atom stereocenters. The Balaban J connectivity index is 2.37. The molecule has 2 rings (SSSR count). The van der Waals surface area contributed by atoms with Crippen molar-refractivity contribution >= 4 is 5.97 Å². The third-order valence-corrected chi connectivity index (χ3v) is 3.80. The Morgan fingerprint density at radius 3 is 2.67 bits per heavy atom. The second kappa shape index (κ2) is 5.09. The van der Waals surface area contributed by atoms with E-state index < -0.39 is 5.97 Å². The van der Waals surface area contributed by atoms with Crippen molar-refractivity contribution in [1.29, 1.82) is 0 Å². The van der Waals surface area contributed by atoms with E-state index in [9.17, 15) is 9.18 Å². The summed E-state index contributed by atoms with van der Waals surface area (Å²) in [5.41, 5.74) is 2.59. The van der Waals surface area contributed by atoms with Crippen molar-refractivity contribution in [2.75, 3.05) is 0 Å². The van der Waals surface area contributed by atoms with Gasteiger partial charge in [-0.25, -0.2) is 4.39 Å². The Morgan fingerprint density at radius 1 is 1.50 bits per heavy atom. The van der Waals surface area contributed by atoms with Crippen molar-refractivity contribution in [2.45, 2.75) is 45.4 Å². The summed E-state index contributed by atoms with van der Waals surface area (Å²) in [6.45, 7) is 3.79. The van der Waals surface area contributed by atoms with Crippen LogP contribution in [0.1, 0.15) is 48.8 Å². The lowest BCUT2D eigenvalue weighted by atomic mass is 9.86. The van der Waals surface area contributed by atoms with Crippen LogP contribution in [0.15, 0.2) is 12.1 Å². The summed E-state index contributed by atoms with van der Waals surface area (Å²) in [7, 11) is 0. The highest BCUT2D eigenvalue weighted by molar-refractivity contribution is 5.68. The van der Waals surface area contributed by atoms with Crippen LogP contribution in [0, 0.1) is 18.7 Å². The van der Waals surface area contributed by atoms with Crippen LogP contribution in [-0.2, 0) is 11.2 Å². The first-order valence-electron chi connectivity index (χ1n) is 6.53. The molecule has 2 nitrogen and oxygen atoms in total. The summed E-state index contributed by atoms with van der Waals surface area (Å²) in [5, 5.41) is 9.02. The zero-order chi connectivity index (χ0) is 13.3. The van der Waals surface area contributed by atoms with Crippen LogP contribution in [0.3, 0.4) is 0 Å². The maximum atomic E-state index is 13.7. The van der Waals surface area contributed by atoms with Gasteiger partial charge in [0, 0.05) is 0 Å². The molecule has 3 heteroatoms. The summed E-state index contributed by atoms with van der Waals surface area (Å²) in [4.78, 5) is 11.0. The molecule has 0 saturated heterocycles. The Kier molecular flexibility index (Phi) is 3.69. The number of carboxylic acid groups (broad SMARTS) is 1. The molecule has 0 bridgehead atoms. The van der Waals surface area contributed by atoms with E-state index in [1.807, 2.05) is 19.9 Å². The lowest BCUT2D eigenvalue weighted by Gasteiger charge is -2.18. The van der Waals surface area contributed by atoms with Crippen LogP contribution in [0.4, 0.5) is 4.39 Å². The van der Waals surface area contributed by atoms with E-state index >= 15 is 0 Å². The average molecular weight is 250 g/mol. The molecule has 0 spiro atoms. The number of hydrogen-bond donors (Lipinski definition) is 1. The van der Waals surface area contributed by atoms with Crippen LogP contribution in [0.2, 0.25) is 0 Å². The molecule has 1 aliphatic rings. The van der Waals surface area contributed by atoms with Crippen molar-refractivity contribution in [2.24, 2.45) is 5.92 Å². The van der Waals surface area contributed by atoms with Gasteiger partial charge in [0.15, 0.2) is 0 Å². The second-order valence-corrected chi connectivity index (χ2v) is 5.20. The average Bonchev–Trinajstić information content (AvgIpc) is 3.10. The molecule has 1 aromatic carbocycles. The minimum Gasteiger partial charge on any atom is -0.481 e. The summed E-state index contributed by atoms with van der Waals surface area (Å²) in [6.07, 6.45) is 2.98. The van der Waals surface area contributed by atoms with E-state index in [1.165, 1.54) is 0 Å². The van der Waals surface area contributed by atoms with E-state index in [0.29, 0.717) is 17.9 Å². The summed E-state index contributed by atoms with van der Waals surface area (Å²) in [6, 6.07) is 3.42. The third-order valence-electron chi connectivity index (χ3n) is 3.80. The maximum Gasteiger partial charge on any atom is 0.303 e. The van der Waals surface area contributed by atoms with Gasteiger partial charge in [0.2, 0.25) is 0 Å². The van der Waals surface area contributed by atoms with E-state index in [0.717, 1.165) is 24.0 Å². The molecular weight excluding hydrogens is 231 g/mol. The molecule has 98 valence electrons. The minimum atomic E-state index is -0.770. The number of benzene rings is 1. The van der Waals surface area contributed by atoms with Gasteiger partial charge in [-0.05, 0) is 60.8 Å². The lowest BCUT2D eigenvalue weighted by Crippen LogP contribution is -2.11. The number of carbonyl (C=O) groups is 1. The molecule has 1 fully saturated rings. The molecular formula is C15H19FO2. The predicted molar refractivity (Wildman–Crippen MR) is 68.2 cm³/mol. The van der Waals surface area contributed by atoms with E-state index in [1.54, 1.807) is 6.07 Å². The van der Waals surface area contributed by atoms with Gasteiger partial charge in [0.25, 0.3) is 0 Å². The number of halogens is 1. The lowest BCUT2D eigenvalue weighted by molar-refractivity contribution is -0.137. The number of aryl methyl sites for hydroxylation is 2. The summed E-state index contributed by atoms with van der Waals surface area (Å²) in [5.74, 6) is -0.430. The van der Waals surface area contributed by atoms with E-state index in [2.05, 4.69) is 0 Å². The zero-order valence-corrected chi connectivity index (χ0v) is 10.9. The van der Waals surface area contributed by atoms with Gasteiger partial charge in [-0.1, -0.05) is 13.0 Å². The fourth-order valence-corrected chi connectivity index (χ4v) is 2.62.